The van der Waals surface area contributed by atoms with E-state index >= 15 is 0 Å². The molecule has 0 saturated heterocycles. The topological polar surface area (TPSA) is 77.2 Å². The Labute approximate surface area is 84.6 Å². The molecule has 0 aliphatic heterocycles. The van der Waals surface area contributed by atoms with Gasteiger partial charge in [0.1, 0.15) is 16.5 Å². The number of nitrogens with two attached hydrogens (primary N) is 1. The summed E-state index contributed by atoms with van der Waals surface area (Å²) in [6, 6.07) is 0.902. The number of halogens is 2. The predicted octanol–water partition coefficient (Wildman–Crippen LogP) is 0.467. The zero-order valence-electron chi connectivity index (χ0n) is 7.62. The normalized spacial score (nSPS) is 11.4. The first kappa shape index (κ1) is 11.6. The summed E-state index contributed by atoms with van der Waals surface area (Å²) in [5, 5.41) is 0. The number of carbonyl (C=O) groups excluding carboxylic acids is 1. The van der Waals surface area contributed by atoms with E-state index in [1.165, 1.54) is 0 Å². The monoisotopic (exact) mass is 235 g/mol. The minimum atomic E-state index is -3.86. The molecular weight excluding hydrogens is 228 g/mol. The van der Waals surface area contributed by atoms with Gasteiger partial charge in [-0.2, -0.15) is 0 Å². The highest BCUT2D eigenvalue weighted by atomic mass is 32.2. The molecule has 0 spiro atoms. The predicted molar refractivity (Wildman–Crippen MR) is 48.0 cm³/mol. The molecule has 0 fully saturated rings. The summed E-state index contributed by atoms with van der Waals surface area (Å²) in [5.74, 6) is -3.59. The summed E-state index contributed by atoms with van der Waals surface area (Å²) in [4.78, 5) is 9.93. The fourth-order valence-corrected chi connectivity index (χ4v) is 1.75. The summed E-state index contributed by atoms with van der Waals surface area (Å²) in [6.07, 6.45) is 0.744. The molecule has 82 valence electrons. The molecule has 1 aromatic rings. The highest BCUT2D eigenvalue weighted by Gasteiger charge is 2.19. The lowest BCUT2D eigenvalue weighted by molar-refractivity contribution is 0.0996. The fourth-order valence-electron chi connectivity index (χ4n) is 1.00. The van der Waals surface area contributed by atoms with Crippen molar-refractivity contribution in [2.75, 3.05) is 6.26 Å². The maximum atomic E-state index is 13.0. The number of primary amides is 1. The third-order valence-corrected chi connectivity index (χ3v) is 2.80. The van der Waals surface area contributed by atoms with Crippen molar-refractivity contribution < 1.29 is 22.0 Å². The van der Waals surface area contributed by atoms with Crippen LogP contribution in [-0.4, -0.2) is 20.6 Å². The number of amides is 1. The Bertz CT molecular complexity index is 525. The number of benzene rings is 1. The van der Waals surface area contributed by atoms with Gasteiger partial charge in [-0.15, -0.1) is 0 Å². The van der Waals surface area contributed by atoms with Crippen LogP contribution < -0.4 is 5.73 Å². The van der Waals surface area contributed by atoms with Crippen LogP contribution in [0.3, 0.4) is 0 Å². The first-order valence-corrected chi connectivity index (χ1v) is 5.61. The quantitative estimate of drug-likeness (QED) is 0.757. The molecular formula is C8H7F2NO3S. The molecule has 0 aliphatic carbocycles. The van der Waals surface area contributed by atoms with E-state index in [1.54, 1.807) is 0 Å². The van der Waals surface area contributed by atoms with Gasteiger partial charge in [0.2, 0.25) is 0 Å². The summed E-state index contributed by atoms with van der Waals surface area (Å²) in [6.45, 7) is 0. The molecule has 0 atom stereocenters. The second-order valence-electron chi connectivity index (χ2n) is 2.90. The number of hydrogen-bond donors (Lipinski definition) is 1. The van der Waals surface area contributed by atoms with Crippen molar-refractivity contribution in [3.63, 3.8) is 0 Å². The van der Waals surface area contributed by atoms with Crippen LogP contribution in [-0.2, 0) is 9.84 Å². The zero-order valence-corrected chi connectivity index (χ0v) is 8.44. The minimum Gasteiger partial charge on any atom is -0.366 e. The van der Waals surface area contributed by atoms with Gasteiger partial charge in [-0.3, -0.25) is 4.79 Å². The smallest absolute Gasteiger partial charge is 0.251 e. The van der Waals surface area contributed by atoms with Crippen LogP contribution in [0.5, 0.6) is 0 Å². The molecule has 0 heterocycles. The molecule has 1 aromatic carbocycles. The van der Waals surface area contributed by atoms with Gasteiger partial charge in [0, 0.05) is 12.3 Å². The van der Waals surface area contributed by atoms with E-state index in [4.69, 9.17) is 5.73 Å². The molecule has 2 N–H and O–H groups in total. The van der Waals surface area contributed by atoms with Crippen molar-refractivity contribution in [2.45, 2.75) is 4.90 Å². The van der Waals surface area contributed by atoms with Crippen LogP contribution in [0.4, 0.5) is 8.78 Å². The lowest BCUT2D eigenvalue weighted by atomic mass is 10.2. The Morgan fingerprint density at radius 3 is 2.20 bits per heavy atom. The van der Waals surface area contributed by atoms with Crippen LogP contribution in [0.25, 0.3) is 0 Å². The highest BCUT2D eigenvalue weighted by molar-refractivity contribution is 7.90. The number of sulfone groups is 1. The molecule has 4 nitrogen and oxygen atoms in total. The maximum absolute atomic E-state index is 13.0. The molecule has 1 rings (SSSR count). The van der Waals surface area contributed by atoms with Crippen molar-refractivity contribution in [3.8, 4) is 0 Å². The van der Waals surface area contributed by atoms with Gasteiger partial charge in [0.15, 0.2) is 9.84 Å². The molecule has 0 unspecified atom stereocenters. The molecule has 0 radical (unpaired) electrons. The minimum absolute atomic E-state index is 0.316. The van der Waals surface area contributed by atoms with Crippen LogP contribution in [0, 0.1) is 11.6 Å². The van der Waals surface area contributed by atoms with Gasteiger partial charge in [-0.1, -0.05) is 0 Å². The Morgan fingerprint density at radius 1 is 1.27 bits per heavy atom. The van der Waals surface area contributed by atoms with Gasteiger partial charge in [0.25, 0.3) is 5.91 Å². The third kappa shape index (κ3) is 2.30. The molecule has 7 heteroatoms. The second-order valence-corrected chi connectivity index (χ2v) is 4.88. The lowest BCUT2D eigenvalue weighted by Gasteiger charge is -2.03. The Balaban J connectivity index is 3.58. The molecule has 0 bridgehead atoms. The largest absolute Gasteiger partial charge is 0.366 e. The van der Waals surface area contributed by atoms with Crippen LogP contribution >= 0.6 is 0 Å². The standard InChI is InChI=1S/C8H7F2NO3S/c1-15(13,14)7-2-4(8(11)12)5(9)3-6(7)10/h2-3H,1H3,(H2,11,12). The Morgan fingerprint density at radius 2 is 1.80 bits per heavy atom. The van der Waals surface area contributed by atoms with E-state index in [0.29, 0.717) is 12.1 Å². The summed E-state index contributed by atoms with van der Waals surface area (Å²) in [5.41, 5.74) is 4.12. The second kappa shape index (κ2) is 3.58. The average molecular weight is 235 g/mol. The Kier molecular flexibility index (Phi) is 2.76. The number of carbonyl (C=O) groups is 1. The van der Waals surface area contributed by atoms with Crippen LogP contribution in [0.1, 0.15) is 10.4 Å². The third-order valence-electron chi connectivity index (χ3n) is 1.69. The molecule has 1 amide bonds. The summed E-state index contributed by atoms with van der Waals surface area (Å²) < 4.78 is 48.0. The summed E-state index contributed by atoms with van der Waals surface area (Å²) in [7, 11) is -3.86. The van der Waals surface area contributed by atoms with Gasteiger partial charge in [-0.05, 0) is 6.07 Å². The van der Waals surface area contributed by atoms with Gasteiger partial charge < -0.3 is 5.73 Å². The van der Waals surface area contributed by atoms with Crippen molar-refractivity contribution in [1.82, 2.24) is 0 Å². The Hall–Kier alpha value is -1.50. The SMILES string of the molecule is CS(=O)(=O)c1cc(C(N)=O)c(F)cc1F. The maximum Gasteiger partial charge on any atom is 0.251 e. The van der Waals surface area contributed by atoms with Crippen molar-refractivity contribution in [3.05, 3.63) is 29.3 Å². The fraction of sp³-hybridized carbons (Fsp3) is 0.125. The van der Waals surface area contributed by atoms with Crippen molar-refractivity contribution in [1.29, 1.82) is 0 Å². The number of rotatable bonds is 2. The van der Waals surface area contributed by atoms with Crippen LogP contribution in [0.2, 0.25) is 0 Å². The molecule has 0 aromatic heterocycles. The molecule has 0 saturated carbocycles. The van der Waals surface area contributed by atoms with E-state index < -0.39 is 37.8 Å². The van der Waals surface area contributed by atoms with E-state index in [0.717, 1.165) is 6.26 Å². The van der Waals surface area contributed by atoms with Gasteiger partial charge in [-0.25, -0.2) is 17.2 Å². The van der Waals surface area contributed by atoms with Crippen LogP contribution in [0.15, 0.2) is 17.0 Å². The average Bonchev–Trinajstić information content (AvgIpc) is 2.00. The van der Waals surface area contributed by atoms with E-state index in [1.807, 2.05) is 0 Å². The van der Waals surface area contributed by atoms with Crippen molar-refractivity contribution in [2.24, 2.45) is 5.73 Å². The van der Waals surface area contributed by atoms with E-state index in [2.05, 4.69) is 0 Å². The first-order chi connectivity index (χ1) is 6.73. The van der Waals surface area contributed by atoms with Gasteiger partial charge >= 0.3 is 0 Å². The van der Waals surface area contributed by atoms with Crippen molar-refractivity contribution >= 4 is 15.7 Å². The zero-order chi connectivity index (χ0) is 11.8. The first-order valence-electron chi connectivity index (χ1n) is 3.72. The van der Waals surface area contributed by atoms with E-state index in [-0.39, 0.29) is 0 Å². The van der Waals surface area contributed by atoms with E-state index in [9.17, 15) is 22.0 Å². The summed E-state index contributed by atoms with van der Waals surface area (Å²) >= 11 is 0. The molecule has 0 aliphatic rings. The van der Waals surface area contributed by atoms with Gasteiger partial charge in [0.05, 0.1) is 5.56 Å². The number of hydrogen-bond acceptors (Lipinski definition) is 3. The highest BCUT2D eigenvalue weighted by Crippen LogP contribution is 2.18. The lowest BCUT2D eigenvalue weighted by Crippen LogP contribution is -2.15. The molecule has 15 heavy (non-hydrogen) atoms.